The fourth-order valence-corrected chi connectivity index (χ4v) is 3.31. The first-order valence-electron chi connectivity index (χ1n) is 9.17. The van der Waals surface area contributed by atoms with Crippen molar-refractivity contribution in [2.75, 3.05) is 19.6 Å². The molecule has 0 spiro atoms. The van der Waals surface area contributed by atoms with Crippen LogP contribution in [-0.2, 0) is 22.6 Å². The minimum absolute atomic E-state index is 0.0262. The molecular formula is C20H26N4O2. The Hall–Kier alpha value is -2.63. The third-order valence-corrected chi connectivity index (χ3v) is 4.89. The molecule has 1 aromatic heterocycles. The molecule has 0 unspecified atom stereocenters. The number of carbonyl (C=O) groups excluding carboxylic acids is 2. The quantitative estimate of drug-likeness (QED) is 0.861. The fraction of sp³-hybridized carbons (Fsp3) is 0.450. The first kappa shape index (κ1) is 18.2. The Kier molecular flexibility index (Phi) is 6.04. The average Bonchev–Trinajstić information content (AvgIpc) is 3.08. The molecule has 3 rings (SSSR count). The summed E-state index contributed by atoms with van der Waals surface area (Å²) in [6, 6.07) is 10.1. The first-order chi connectivity index (χ1) is 12.6. The molecule has 1 aromatic carbocycles. The summed E-state index contributed by atoms with van der Waals surface area (Å²) in [5.74, 6) is 0.619. The van der Waals surface area contributed by atoms with Crippen LogP contribution in [0.15, 0.2) is 42.7 Å². The van der Waals surface area contributed by atoms with Crippen molar-refractivity contribution >= 4 is 11.8 Å². The molecule has 1 N–H and O–H groups in total. The minimum Gasteiger partial charge on any atom is -0.356 e. The van der Waals surface area contributed by atoms with Crippen LogP contribution in [0.3, 0.4) is 0 Å². The molecule has 1 aliphatic rings. The third-order valence-electron chi connectivity index (χ3n) is 4.89. The maximum Gasteiger partial charge on any atom is 0.224 e. The topological polar surface area (TPSA) is 67.2 Å². The number of aromatic nitrogens is 2. The molecular weight excluding hydrogens is 328 g/mol. The minimum atomic E-state index is 0.0262. The first-order valence-corrected chi connectivity index (χ1v) is 9.17. The van der Waals surface area contributed by atoms with Crippen molar-refractivity contribution < 1.29 is 9.59 Å². The third kappa shape index (κ3) is 5.18. The lowest BCUT2D eigenvalue weighted by molar-refractivity contribution is -0.130. The Morgan fingerprint density at radius 1 is 1.15 bits per heavy atom. The van der Waals surface area contributed by atoms with Gasteiger partial charge in [0.15, 0.2) is 0 Å². The molecule has 2 aromatic rings. The van der Waals surface area contributed by atoms with Gasteiger partial charge in [-0.15, -0.1) is 0 Å². The van der Waals surface area contributed by atoms with Crippen LogP contribution >= 0.6 is 0 Å². The summed E-state index contributed by atoms with van der Waals surface area (Å²) in [5.41, 5.74) is 2.10. The fourth-order valence-electron chi connectivity index (χ4n) is 3.31. The standard InChI is InChI=1S/C20H26N4O2/c1-16(25)23-9-7-17(8-10-23)12-21-20(26)11-19-13-22-24(15-19)14-18-5-3-2-4-6-18/h2-6,13,15,17H,7-12,14H2,1H3,(H,21,26). The number of rotatable bonds is 6. The van der Waals surface area contributed by atoms with E-state index in [1.165, 1.54) is 5.56 Å². The monoisotopic (exact) mass is 354 g/mol. The molecule has 0 aliphatic carbocycles. The van der Waals surface area contributed by atoms with E-state index in [1.54, 1.807) is 13.1 Å². The molecule has 0 saturated carbocycles. The smallest absolute Gasteiger partial charge is 0.224 e. The van der Waals surface area contributed by atoms with Gasteiger partial charge < -0.3 is 10.2 Å². The molecule has 6 heteroatoms. The summed E-state index contributed by atoms with van der Waals surface area (Å²) < 4.78 is 1.86. The molecule has 0 atom stereocenters. The number of benzene rings is 1. The Morgan fingerprint density at radius 2 is 1.88 bits per heavy atom. The molecule has 1 saturated heterocycles. The Bertz CT molecular complexity index is 733. The van der Waals surface area contributed by atoms with Crippen LogP contribution in [0.1, 0.15) is 30.9 Å². The van der Waals surface area contributed by atoms with Crippen molar-refractivity contribution in [2.45, 2.75) is 32.7 Å². The lowest BCUT2D eigenvalue weighted by Gasteiger charge is -2.31. The summed E-state index contributed by atoms with van der Waals surface area (Å²) in [4.78, 5) is 25.4. The zero-order valence-corrected chi connectivity index (χ0v) is 15.2. The van der Waals surface area contributed by atoms with Gasteiger partial charge in [0, 0.05) is 32.8 Å². The van der Waals surface area contributed by atoms with Gasteiger partial charge in [0.05, 0.1) is 19.2 Å². The van der Waals surface area contributed by atoms with Gasteiger partial charge in [-0.3, -0.25) is 14.3 Å². The lowest BCUT2D eigenvalue weighted by atomic mass is 9.96. The number of hydrogen-bond acceptors (Lipinski definition) is 3. The predicted octanol–water partition coefficient (Wildman–Crippen LogP) is 1.85. The molecule has 0 bridgehead atoms. The number of nitrogens with zero attached hydrogens (tertiary/aromatic N) is 3. The molecule has 6 nitrogen and oxygen atoms in total. The van der Waals surface area contributed by atoms with Crippen LogP contribution in [-0.4, -0.2) is 46.1 Å². The number of carbonyl (C=O) groups is 2. The van der Waals surface area contributed by atoms with Gasteiger partial charge in [0.2, 0.25) is 11.8 Å². The Balaban J connectivity index is 1.41. The zero-order chi connectivity index (χ0) is 18.4. The van der Waals surface area contributed by atoms with Crippen LogP contribution in [0.25, 0.3) is 0 Å². The van der Waals surface area contributed by atoms with E-state index in [9.17, 15) is 9.59 Å². The van der Waals surface area contributed by atoms with E-state index in [0.29, 0.717) is 25.4 Å². The molecule has 1 aliphatic heterocycles. The van der Waals surface area contributed by atoms with E-state index in [4.69, 9.17) is 0 Å². The summed E-state index contributed by atoms with van der Waals surface area (Å²) in [6.07, 6.45) is 5.94. The van der Waals surface area contributed by atoms with Crippen molar-refractivity contribution in [3.05, 3.63) is 53.9 Å². The van der Waals surface area contributed by atoms with E-state index in [2.05, 4.69) is 22.5 Å². The van der Waals surface area contributed by atoms with Crippen molar-refractivity contribution in [2.24, 2.45) is 5.92 Å². The van der Waals surface area contributed by atoms with Gasteiger partial charge in [-0.2, -0.15) is 5.10 Å². The average molecular weight is 354 g/mol. The molecule has 2 heterocycles. The van der Waals surface area contributed by atoms with Gasteiger partial charge in [0.1, 0.15) is 0 Å². The van der Waals surface area contributed by atoms with E-state index in [-0.39, 0.29) is 11.8 Å². The SMILES string of the molecule is CC(=O)N1CCC(CNC(=O)Cc2cnn(Cc3ccccc3)c2)CC1. The zero-order valence-electron chi connectivity index (χ0n) is 15.2. The number of hydrogen-bond donors (Lipinski definition) is 1. The van der Waals surface area contributed by atoms with Crippen molar-refractivity contribution in [1.82, 2.24) is 20.0 Å². The Morgan fingerprint density at radius 3 is 2.58 bits per heavy atom. The summed E-state index contributed by atoms with van der Waals surface area (Å²) in [7, 11) is 0. The van der Waals surface area contributed by atoms with Gasteiger partial charge in [-0.05, 0) is 29.9 Å². The van der Waals surface area contributed by atoms with Crippen molar-refractivity contribution in [3.63, 3.8) is 0 Å². The van der Waals surface area contributed by atoms with Crippen LogP contribution in [0, 0.1) is 5.92 Å². The second kappa shape index (κ2) is 8.65. The summed E-state index contributed by atoms with van der Waals surface area (Å²) in [6.45, 7) is 4.59. The predicted molar refractivity (Wildman–Crippen MR) is 99.5 cm³/mol. The van der Waals surface area contributed by atoms with Gasteiger partial charge in [-0.1, -0.05) is 30.3 Å². The number of amides is 2. The molecule has 1 fully saturated rings. The van der Waals surface area contributed by atoms with Crippen molar-refractivity contribution in [1.29, 1.82) is 0 Å². The summed E-state index contributed by atoms with van der Waals surface area (Å²) >= 11 is 0. The normalized spacial score (nSPS) is 15.0. The van der Waals surface area contributed by atoms with Crippen LogP contribution < -0.4 is 5.32 Å². The van der Waals surface area contributed by atoms with Crippen molar-refractivity contribution in [3.8, 4) is 0 Å². The number of likely N-dealkylation sites (tertiary alicyclic amines) is 1. The van der Waals surface area contributed by atoms with Gasteiger partial charge >= 0.3 is 0 Å². The highest BCUT2D eigenvalue weighted by Crippen LogP contribution is 2.16. The van der Waals surface area contributed by atoms with E-state index >= 15 is 0 Å². The maximum absolute atomic E-state index is 12.2. The molecule has 138 valence electrons. The molecule has 0 radical (unpaired) electrons. The van der Waals surface area contributed by atoms with E-state index in [1.807, 2.05) is 34.0 Å². The second-order valence-electron chi connectivity index (χ2n) is 6.96. The lowest BCUT2D eigenvalue weighted by Crippen LogP contribution is -2.40. The largest absolute Gasteiger partial charge is 0.356 e. The van der Waals surface area contributed by atoms with E-state index < -0.39 is 0 Å². The van der Waals surface area contributed by atoms with Gasteiger partial charge in [0.25, 0.3) is 0 Å². The molecule has 26 heavy (non-hydrogen) atoms. The van der Waals surface area contributed by atoms with Gasteiger partial charge in [-0.25, -0.2) is 0 Å². The number of piperidine rings is 1. The van der Waals surface area contributed by atoms with Crippen LogP contribution in [0.2, 0.25) is 0 Å². The van der Waals surface area contributed by atoms with Crippen LogP contribution in [0.4, 0.5) is 0 Å². The second-order valence-corrected chi connectivity index (χ2v) is 6.96. The summed E-state index contributed by atoms with van der Waals surface area (Å²) in [5, 5.41) is 7.36. The highest BCUT2D eigenvalue weighted by Gasteiger charge is 2.21. The molecule has 2 amide bonds. The maximum atomic E-state index is 12.2. The van der Waals surface area contributed by atoms with Crippen LogP contribution in [0.5, 0.6) is 0 Å². The number of nitrogens with one attached hydrogen (secondary N) is 1. The Labute approximate surface area is 154 Å². The highest BCUT2D eigenvalue weighted by molar-refractivity contribution is 5.78. The highest BCUT2D eigenvalue weighted by atomic mass is 16.2. The van der Waals surface area contributed by atoms with E-state index in [0.717, 1.165) is 31.5 Å².